The Hall–Kier alpha value is -3.80. The third-order valence-electron chi connectivity index (χ3n) is 6.46. The Morgan fingerprint density at radius 2 is 1.62 bits per heavy atom. The molecule has 0 fully saturated rings. The molecule has 1 aromatic heterocycles. The van der Waals surface area contributed by atoms with Crippen LogP contribution < -0.4 is 11.1 Å². The zero-order chi connectivity index (χ0) is 29.2. The number of hydrogen-bond donors (Lipinski definition) is 2. The van der Waals surface area contributed by atoms with Gasteiger partial charge in [-0.2, -0.15) is 0 Å². The number of carbonyl (C=O) groups excluding carboxylic acids is 1. The number of nitrogen functional groups attached to an aromatic ring is 1. The molecule has 208 valence electrons. The van der Waals surface area contributed by atoms with Crippen molar-refractivity contribution in [3.63, 3.8) is 0 Å². The number of anilines is 1. The van der Waals surface area contributed by atoms with Gasteiger partial charge in [0, 0.05) is 18.1 Å². The molecular weight excluding hydrogens is 492 g/mol. The van der Waals surface area contributed by atoms with E-state index in [0.717, 1.165) is 30.0 Å². The fourth-order valence-electron chi connectivity index (χ4n) is 4.01. The summed E-state index contributed by atoms with van der Waals surface area (Å²) in [6.07, 6.45) is 1.09. The summed E-state index contributed by atoms with van der Waals surface area (Å²) in [6, 6.07) is 23.7. The van der Waals surface area contributed by atoms with E-state index in [2.05, 4.69) is 48.4 Å². The number of nitrogens with zero attached hydrogens (tertiary/aromatic N) is 1. The zero-order valence-corrected chi connectivity index (χ0v) is 24.1. The maximum Gasteiger partial charge on any atom is 0.270 e. The summed E-state index contributed by atoms with van der Waals surface area (Å²) in [5, 5.41) is 5.30. The Morgan fingerprint density at radius 3 is 2.21 bits per heavy atom. The number of pyridine rings is 1. The van der Waals surface area contributed by atoms with E-state index in [9.17, 15) is 13.6 Å². The van der Waals surface area contributed by atoms with Crippen molar-refractivity contribution in [2.45, 2.75) is 72.8 Å². The van der Waals surface area contributed by atoms with E-state index in [1.807, 2.05) is 52.0 Å². The van der Waals surface area contributed by atoms with Gasteiger partial charge in [0.05, 0.1) is 11.7 Å². The minimum absolute atomic E-state index is 0.0723. The van der Waals surface area contributed by atoms with E-state index >= 15 is 0 Å². The van der Waals surface area contributed by atoms with E-state index in [1.165, 1.54) is 23.1 Å². The van der Waals surface area contributed by atoms with Gasteiger partial charge in [-0.05, 0) is 66.8 Å². The van der Waals surface area contributed by atoms with Crippen molar-refractivity contribution in [2.75, 3.05) is 5.73 Å². The largest absolute Gasteiger partial charge is 0.384 e. The fraction of sp³-hybridized carbons (Fsp3) is 0.333. The topological polar surface area (TPSA) is 68.0 Å². The van der Waals surface area contributed by atoms with Crippen molar-refractivity contribution < 1.29 is 13.6 Å². The summed E-state index contributed by atoms with van der Waals surface area (Å²) in [6.45, 7) is 13.1. The van der Waals surface area contributed by atoms with E-state index < -0.39 is 5.92 Å². The second-order valence-electron chi connectivity index (χ2n) is 9.53. The van der Waals surface area contributed by atoms with Crippen LogP contribution >= 0.6 is 0 Å². The van der Waals surface area contributed by atoms with Gasteiger partial charge in [0.1, 0.15) is 5.82 Å². The van der Waals surface area contributed by atoms with Gasteiger partial charge in [-0.15, -0.1) is 0 Å². The molecule has 0 aliphatic carbocycles. The molecule has 2 unspecified atom stereocenters. The monoisotopic (exact) mass is 533 g/mol. The standard InChI is InChI=1S/C22H25N3O.C9H10F2.C2H6/c1-4-14(2)18-8-5-7-16-13-17(11-12-19(16)18)22(26)24-15(3)20-9-6-10-21(23)25-20;1-7-3-5-8(6-4-7)9(2,10)11;1-2/h5-15H,4H2,1-3H3,(H2,23,25)(H,24,26);3-6H,1-2H3;1-2H3. The first-order valence-corrected chi connectivity index (χ1v) is 13.5. The maximum absolute atomic E-state index is 12.7. The van der Waals surface area contributed by atoms with Crippen LogP contribution in [0, 0.1) is 6.92 Å². The highest BCUT2D eigenvalue weighted by atomic mass is 19.3. The Kier molecular flexibility index (Phi) is 11.6. The lowest BCUT2D eigenvalue weighted by Gasteiger charge is -2.15. The molecule has 6 heteroatoms. The van der Waals surface area contributed by atoms with Crippen molar-refractivity contribution in [3.05, 3.63) is 107 Å². The molecule has 0 aliphatic heterocycles. The molecule has 0 radical (unpaired) electrons. The van der Waals surface area contributed by atoms with E-state index in [0.29, 0.717) is 17.3 Å². The highest BCUT2D eigenvalue weighted by Gasteiger charge is 2.23. The van der Waals surface area contributed by atoms with E-state index in [1.54, 1.807) is 18.2 Å². The summed E-state index contributed by atoms with van der Waals surface area (Å²) in [7, 11) is 0. The average molecular weight is 534 g/mol. The van der Waals surface area contributed by atoms with Gasteiger partial charge in [0.2, 0.25) is 0 Å². The fourth-order valence-corrected chi connectivity index (χ4v) is 4.01. The molecule has 3 N–H and O–H groups in total. The van der Waals surface area contributed by atoms with Crippen molar-refractivity contribution in [2.24, 2.45) is 0 Å². The molecule has 4 aromatic rings. The zero-order valence-electron chi connectivity index (χ0n) is 24.1. The van der Waals surface area contributed by atoms with Gasteiger partial charge in [0.25, 0.3) is 11.8 Å². The highest BCUT2D eigenvalue weighted by Crippen LogP contribution is 2.28. The first-order valence-electron chi connectivity index (χ1n) is 13.5. The van der Waals surface area contributed by atoms with Crippen LogP contribution in [0.5, 0.6) is 0 Å². The van der Waals surface area contributed by atoms with Gasteiger partial charge < -0.3 is 11.1 Å². The third kappa shape index (κ3) is 8.88. The second-order valence-corrected chi connectivity index (χ2v) is 9.53. The number of benzene rings is 3. The molecule has 3 aromatic carbocycles. The highest BCUT2D eigenvalue weighted by molar-refractivity contribution is 5.99. The van der Waals surface area contributed by atoms with Gasteiger partial charge >= 0.3 is 0 Å². The van der Waals surface area contributed by atoms with Crippen LogP contribution in [0.25, 0.3) is 10.8 Å². The number of fused-ring (bicyclic) bond motifs is 1. The lowest BCUT2D eigenvalue weighted by atomic mass is 9.92. The summed E-state index contributed by atoms with van der Waals surface area (Å²) < 4.78 is 25.2. The van der Waals surface area contributed by atoms with E-state index in [-0.39, 0.29) is 17.5 Å². The minimum atomic E-state index is -2.71. The van der Waals surface area contributed by atoms with E-state index in [4.69, 9.17) is 5.73 Å². The second kappa shape index (κ2) is 14.4. The molecule has 0 spiro atoms. The number of aromatic nitrogens is 1. The number of nitrogens with one attached hydrogen (secondary N) is 1. The number of rotatable bonds is 6. The molecule has 0 saturated carbocycles. The van der Waals surface area contributed by atoms with Crippen LogP contribution in [0.15, 0.2) is 78.9 Å². The van der Waals surface area contributed by atoms with Crippen LogP contribution in [-0.4, -0.2) is 10.9 Å². The van der Waals surface area contributed by atoms with Crippen LogP contribution in [0.4, 0.5) is 14.6 Å². The number of nitrogens with two attached hydrogens (primary N) is 1. The number of aryl methyl sites for hydroxylation is 1. The van der Waals surface area contributed by atoms with Crippen molar-refractivity contribution >= 4 is 22.5 Å². The molecule has 0 saturated heterocycles. The number of alkyl halides is 2. The Morgan fingerprint density at radius 1 is 0.974 bits per heavy atom. The molecular formula is C33H41F2N3O. The summed E-state index contributed by atoms with van der Waals surface area (Å²) in [5.74, 6) is -1.88. The van der Waals surface area contributed by atoms with Gasteiger partial charge in [0.15, 0.2) is 0 Å². The van der Waals surface area contributed by atoms with Crippen molar-refractivity contribution in [1.29, 1.82) is 0 Å². The lowest BCUT2D eigenvalue weighted by molar-refractivity contribution is 0.0174. The minimum Gasteiger partial charge on any atom is -0.384 e. The van der Waals surface area contributed by atoms with Crippen LogP contribution in [-0.2, 0) is 5.92 Å². The molecule has 4 rings (SSSR count). The Balaban J connectivity index is 0.000000343. The Labute approximate surface area is 231 Å². The lowest BCUT2D eigenvalue weighted by Crippen LogP contribution is -2.27. The summed E-state index contributed by atoms with van der Waals surface area (Å²) >= 11 is 0. The molecule has 39 heavy (non-hydrogen) atoms. The molecule has 1 heterocycles. The van der Waals surface area contributed by atoms with Crippen LogP contribution in [0.2, 0.25) is 0 Å². The molecule has 4 nitrogen and oxygen atoms in total. The van der Waals surface area contributed by atoms with Crippen molar-refractivity contribution in [1.82, 2.24) is 10.3 Å². The number of carbonyl (C=O) groups is 1. The van der Waals surface area contributed by atoms with Gasteiger partial charge in [-0.1, -0.05) is 87.9 Å². The number of halogens is 2. The van der Waals surface area contributed by atoms with Gasteiger partial charge in [-0.25, -0.2) is 13.8 Å². The molecule has 0 bridgehead atoms. The first kappa shape index (κ1) is 31.4. The number of hydrogen-bond acceptors (Lipinski definition) is 3. The van der Waals surface area contributed by atoms with Gasteiger partial charge in [-0.3, -0.25) is 4.79 Å². The maximum atomic E-state index is 12.7. The SMILES string of the molecule is CC.CCC(C)c1cccc2cc(C(=O)NC(C)c3cccc(N)n3)ccc12.Cc1ccc(C(C)(F)F)cc1. The molecule has 2 atom stereocenters. The van der Waals surface area contributed by atoms with Crippen molar-refractivity contribution in [3.8, 4) is 0 Å². The van der Waals surface area contributed by atoms with Crippen LogP contribution in [0.1, 0.15) is 92.7 Å². The number of amides is 1. The smallest absolute Gasteiger partial charge is 0.270 e. The summed E-state index contributed by atoms with van der Waals surface area (Å²) in [4.78, 5) is 16.9. The normalized spacial score (nSPS) is 12.3. The first-order chi connectivity index (χ1) is 18.5. The Bertz CT molecular complexity index is 1350. The summed E-state index contributed by atoms with van der Waals surface area (Å²) in [5.41, 5.74) is 9.52. The predicted molar refractivity (Wildman–Crippen MR) is 159 cm³/mol. The molecule has 0 aliphatic rings. The average Bonchev–Trinajstić information content (AvgIpc) is 2.93. The predicted octanol–water partition coefficient (Wildman–Crippen LogP) is 8.95. The molecule has 1 amide bonds. The van der Waals surface area contributed by atoms with Crippen LogP contribution in [0.3, 0.4) is 0 Å². The quantitative estimate of drug-likeness (QED) is 0.260. The third-order valence-corrected chi connectivity index (χ3v) is 6.46.